The van der Waals surface area contributed by atoms with Gasteiger partial charge >= 0.3 is 0 Å². The Labute approximate surface area is 207 Å². The molecule has 7 nitrogen and oxygen atoms in total. The molecular formula is C25H26N4O3S2. The molecular weight excluding hydrogens is 468 g/mol. The normalized spacial score (nSPS) is 13.3. The lowest BCUT2D eigenvalue weighted by Gasteiger charge is -2.15. The molecule has 34 heavy (non-hydrogen) atoms. The first kappa shape index (κ1) is 22.7. The van der Waals surface area contributed by atoms with Crippen molar-refractivity contribution in [2.45, 2.75) is 50.8 Å². The van der Waals surface area contributed by atoms with Gasteiger partial charge in [0.1, 0.15) is 10.8 Å². The Bertz CT molecular complexity index is 1270. The van der Waals surface area contributed by atoms with Gasteiger partial charge in [0.15, 0.2) is 28.6 Å². The Hall–Kier alpha value is -3.04. The van der Waals surface area contributed by atoms with Crippen molar-refractivity contribution >= 4 is 23.1 Å². The lowest BCUT2D eigenvalue weighted by atomic mass is 10.2. The van der Waals surface area contributed by atoms with E-state index in [1.54, 1.807) is 23.1 Å². The molecule has 9 heteroatoms. The fraction of sp³-hybridized carbons (Fsp3) is 0.320. The minimum atomic E-state index is -0.203. The van der Waals surface area contributed by atoms with Crippen molar-refractivity contribution in [1.82, 2.24) is 19.7 Å². The van der Waals surface area contributed by atoms with Crippen LogP contribution in [0.5, 0.6) is 17.2 Å². The molecule has 0 amide bonds. The quantitative estimate of drug-likeness (QED) is 0.259. The fourth-order valence-corrected chi connectivity index (χ4v) is 5.56. The lowest BCUT2D eigenvalue weighted by molar-refractivity contribution is 0.174. The summed E-state index contributed by atoms with van der Waals surface area (Å²) in [5, 5.41) is 12.8. The van der Waals surface area contributed by atoms with Crippen LogP contribution in [0, 0.1) is 0 Å². The highest BCUT2D eigenvalue weighted by Gasteiger charge is 2.20. The van der Waals surface area contributed by atoms with Gasteiger partial charge in [0.25, 0.3) is 0 Å². The van der Waals surface area contributed by atoms with Crippen molar-refractivity contribution < 1.29 is 14.2 Å². The average molecular weight is 495 g/mol. The molecule has 0 N–H and O–H groups in total. The molecule has 0 saturated heterocycles. The summed E-state index contributed by atoms with van der Waals surface area (Å²) in [6.45, 7) is 7.29. The van der Waals surface area contributed by atoms with E-state index in [0.29, 0.717) is 5.75 Å². The van der Waals surface area contributed by atoms with E-state index in [1.165, 1.54) is 5.56 Å². The van der Waals surface area contributed by atoms with Crippen LogP contribution in [0.25, 0.3) is 10.6 Å². The Kier molecular flexibility index (Phi) is 6.73. The predicted molar refractivity (Wildman–Crippen MR) is 134 cm³/mol. The van der Waals surface area contributed by atoms with Crippen LogP contribution in [0.15, 0.2) is 53.0 Å². The van der Waals surface area contributed by atoms with Crippen LogP contribution in [0.3, 0.4) is 0 Å². The van der Waals surface area contributed by atoms with Crippen molar-refractivity contribution in [3.63, 3.8) is 0 Å². The van der Waals surface area contributed by atoms with E-state index < -0.39 is 0 Å². The smallest absolute Gasteiger partial charge is 0.231 e. The van der Waals surface area contributed by atoms with E-state index in [2.05, 4.69) is 46.1 Å². The molecule has 1 aliphatic rings. The van der Waals surface area contributed by atoms with Crippen LogP contribution < -0.4 is 14.2 Å². The molecule has 1 aliphatic heterocycles. The van der Waals surface area contributed by atoms with Gasteiger partial charge in [-0.2, -0.15) is 0 Å². The maximum atomic E-state index is 6.14. The number of fused-ring (bicyclic) bond motifs is 1. The van der Waals surface area contributed by atoms with E-state index in [1.807, 2.05) is 37.3 Å². The Balaban J connectivity index is 1.25. The Morgan fingerprint density at radius 2 is 1.91 bits per heavy atom. The minimum Gasteiger partial charge on any atom is -0.483 e. The zero-order valence-electron chi connectivity index (χ0n) is 19.4. The van der Waals surface area contributed by atoms with Crippen LogP contribution in [-0.2, 0) is 18.7 Å². The molecule has 176 valence electrons. The number of benzene rings is 2. The molecule has 4 aromatic rings. The van der Waals surface area contributed by atoms with Crippen molar-refractivity contribution in [3.05, 3.63) is 64.9 Å². The number of aryl methyl sites for hydroxylation is 1. The molecule has 0 bridgehead atoms. The number of thiazole rings is 1. The average Bonchev–Trinajstić information content (AvgIpc) is 3.61. The minimum absolute atomic E-state index is 0.203. The second kappa shape index (κ2) is 10.1. The van der Waals surface area contributed by atoms with Crippen LogP contribution in [0.1, 0.15) is 44.0 Å². The molecule has 2 aromatic carbocycles. The van der Waals surface area contributed by atoms with E-state index >= 15 is 0 Å². The first-order valence-electron chi connectivity index (χ1n) is 11.3. The van der Waals surface area contributed by atoms with Crippen molar-refractivity contribution in [3.8, 4) is 27.8 Å². The first-order chi connectivity index (χ1) is 16.6. The standard InChI is InChI=1S/C25H26N4O3S2/c1-4-17-6-9-20(10-7-17)32-16(3)23-27-28-25(29(23)5-2)34-14-19-13-33-24(26-19)18-8-11-21-22(12-18)31-15-30-21/h6-13,16H,4-5,14-15H2,1-3H3. The first-order valence-corrected chi connectivity index (χ1v) is 13.2. The van der Waals surface area contributed by atoms with Gasteiger partial charge in [0, 0.05) is 23.2 Å². The third-order valence-corrected chi connectivity index (χ3v) is 7.53. The topological polar surface area (TPSA) is 71.3 Å². The van der Waals surface area contributed by atoms with E-state index in [9.17, 15) is 0 Å². The van der Waals surface area contributed by atoms with Gasteiger partial charge in [-0.3, -0.25) is 0 Å². The largest absolute Gasteiger partial charge is 0.483 e. The fourth-order valence-electron chi connectivity index (χ4n) is 3.74. The van der Waals surface area contributed by atoms with Gasteiger partial charge in [-0.15, -0.1) is 21.5 Å². The van der Waals surface area contributed by atoms with Gasteiger partial charge in [0.2, 0.25) is 6.79 Å². The molecule has 0 aliphatic carbocycles. The number of thioether (sulfide) groups is 1. The molecule has 0 saturated carbocycles. The Morgan fingerprint density at radius 1 is 1.09 bits per heavy atom. The zero-order chi connectivity index (χ0) is 23.5. The van der Waals surface area contributed by atoms with E-state index in [-0.39, 0.29) is 12.9 Å². The van der Waals surface area contributed by atoms with E-state index in [4.69, 9.17) is 19.2 Å². The third-order valence-electron chi connectivity index (χ3n) is 5.59. The monoisotopic (exact) mass is 494 g/mol. The van der Waals surface area contributed by atoms with Gasteiger partial charge in [-0.05, 0) is 56.2 Å². The highest BCUT2D eigenvalue weighted by Crippen LogP contribution is 2.37. The number of aromatic nitrogens is 4. The highest BCUT2D eigenvalue weighted by molar-refractivity contribution is 7.98. The summed E-state index contributed by atoms with van der Waals surface area (Å²) < 4.78 is 19.1. The third kappa shape index (κ3) is 4.76. The number of nitrogens with zero attached hydrogens (tertiary/aromatic N) is 4. The van der Waals surface area contributed by atoms with E-state index in [0.717, 1.165) is 57.5 Å². The number of rotatable bonds is 9. The predicted octanol–water partition coefficient (Wildman–Crippen LogP) is 6.14. The highest BCUT2D eigenvalue weighted by atomic mass is 32.2. The zero-order valence-corrected chi connectivity index (χ0v) is 21.0. The molecule has 3 heterocycles. The molecule has 0 radical (unpaired) electrons. The van der Waals surface area contributed by atoms with Crippen molar-refractivity contribution in [1.29, 1.82) is 0 Å². The molecule has 5 rings (SSSR count). The summed E-state index contributed by atoms with van der Waals surface area (Å²) in [6, 6.07) is 14.1. The summed E-state index contributed by atoms with van der Waals surface area (Å²) in [5.74, 6) is 3.92. The maximum absolute atomic E-state index is 6.14. The maximum Gasteiger partial charge on any atom is 0.231 e. The second-order valence-electron chi connectivity index (χ2n) is 7.84. The van der Waals surface area contributed by atoms with Crippen molar-refractivity contribution in [2.75, 3.05) is 6.79 Å². The SMILES string of the molecule is CCc1ccc(OC(C)c2nnc(SCc3csc(-c4ccc5c(c4)OCO5)n3)n2CC)cc1. The van der Waals surface area contributed by atoms with Crippen LogP contribution in [0.4, 0.5) is 0 Å². The van der Waals surface area contributed by atoms with Crippen LogP contribution in [-0.4, -0.2) is 26.5 Å². The lowest BCUT2D eigenvalue weighted by Crippen LogP contribution is -2.12. The summed E-state index contributed by atoms with van der Waals surface area (Å²) in [4.78, 5) is 4.81. The molecule has 1 atom stereocenters. The molecule has 1 unspecified atom stereocenters. The number of hydrogen-bond acceptors (Lipinski definition) is 8. The number of hydrogen-bond donors (Lipinski definition) is 0. The van der Waals surface area contributed by atoms with Crippen LogP contribution >= 0.6 is 23.1 Å². The molecule has 0 spiro atoms. The second-order valence-corrected chi connectivity index (χ2v) is 9.64. The summed E-state index contributed by atoms with van der Waals surface area (Å²) in [6.07, 6.45) is 0.809. The summed E-state index contributed by atoms with van der Waals surface area (Å²) >= 11 is 3.26. The van der Waals surface area contributed by atoms with Gasteiger partial charge < -0.3 is 18.8 Å². The van der Waals surface area contributed by atoms with Gasteiger partial charge in [-0.1, -0.05) is 30.8 Å². The van der Waals surface area contributed by atoms with Gasteiger partial charge in [-0.25, -0.2) is 4.98 Å². The summed E-state index contributed by atoms with van der Waals surface area (Å²) in [5.41, 5.74) is 3.33. The van der Waals surface area contributed by atoms with Gasteiger partial charge in [0.05, 0.1) is 5.69 Å². The van der Waals surface area contributed by atoms with Crippen molar-refractivity contribution in [2.24, 2.45) is 0 Å². The Morgan fingerprint density at radius 3 is 2.71 bits per heavy atom. The molecule has 2 aromatic heterocycles. The summed E-state index contributed by atoms with van der Waals surface area (Å²) in [7, 11) is 0. The number of ether oxygens (including phenoxy) is 3. The van der Waals surface area contributed by atoms with Crippen LogP contribution in [0.2, 0.25) is 0 Å². The molecule has 0 fully saturated rings.